The van der Waals surface area contributed by atoms with Crippen molar-refractivity contribution in [2.75, 3.05) is 11.9 Å². The lowest BCUT2D eigenvalue weighted by atomic mass is 10.0. The number of hydrogen-bond acceptors (Lipinski definition) is 2. The number of rotatable bonds is 3. The van der Waals surface area contributed by atoms with Gasteiger partial charge in [-0.1, -0.05) is 37.0 Å². The van der Waals surface area contributed by atoms with Crippen LogP contribution in [0.2, 0.25) is 0 Å². The van der Waals surface area contributed by atoms with Gasteiger partial charge in [0, 0.05) is 16.8 Å². The summed E-state index contributed by atoms with van der Waals surface area (Å²) in [6.45, 7) is 2.38. The third-order valence-corrected chi connectivity index (χ3v) is 3.12. The smallest absolute Gasteiger partial charge is 0.255 e. The predicted octanol–water partition coefficient (Wildman–Crippen LogP) is 2.81. The molecule has 2 aromatic rings. The molecule has 0 spiro atoms. The zero-order chi connectivity index (χ0) is 15.1. The Morgan fingerprint density at radius 3 is 2.52 bits per heavy atom. The van der Waals surface area contributed by atoms with Gasteiger partial charge in [-0.05, 0) is 42.3 Å². The fourth-order valence-electron chi connectivity index (χ4n) is 2.04. The van der Waals surface area contributed by atoms with Gasteiger partial charge in [0.05, 0.1) is 6.54 Å². The highest BCUT2D eigenvalue weighted by molar-refractivity contribution is 6.05. The van der Waals surface area contributed by atoms with Crippen molar-refractivity contribution in [3.63, 3.8) is 0 Å². The summed E-state index contributed by atoms with van der Waals surface area (Å²) in [7, 11) is 0. The zero-order valence-electron chi connectivity index (χ0n) is 12.0. The number of nitrogens with two attached hydrogens (primary N) is 1. The van der Waals surface area contributed by atoms with E-state index in [0.717, 1.165) is 23.2 Å². The molecule has 0 saturated carbocycles. The van der Waals surface area contributed by atoms with Crippen molar-refractivity contribution in [1.29, 1.82) is 0 Å². The summed E-state index contributed by atoms with van der Waals surface area (Å²) in [6, 6.07) is 15.0. The minimum absolute atomic E-state index is 0.0896. The van der Waals surface area contributed by atoms with E-state index in [2.05, 4.69) is 17.2 Å². The normalized spacial score (nSPS) is 9.62. The van der Waals surface area contributed by atoms with Crippen LogP contribution in [-0.2, 0) is 6.42 Å². The van der Waals surface area contributed by atoms with Crippen LogP contribution in [0.4, 0.5) is 5.69 Å². The van der Waals surface area contributed by atoms with Crippen molar-refractivity contribution < 1.29 is 4.79 Å². The SMILES string of the molecule is CCc1ccccc1C(=O)Nc1ccc(C#CCN)cc1. The quantitative estimate of drug-likeness (QED) is 0.848. The lowest BCUT2D eigenvalue weighted by molar-refractivity contribution is 0.102. The number of amides is 1. The van der Waals surface area contributed by atoms with E-state index in [-0.39, 0.29) is 5.91 Å². The van der Waals surface area contributed by atoms with E-state index in [1.54, 1.807) is 0 Å². The number of carbonyl (C=O) groups excluding carboxylic acids is 1. The molecular formula is C18H18N2O. The maximum atomic E-state index is 12.3. The molecule has 0 heterocycles. The molecule has 0 unspecified atom stereocenters. The Morgan fingerprint density at radius 1 is 1.14 bits per heavy atom. The van der Waals surface area contributed by atoms with Crippen molar-refractivity contribution in [2.24, 2.45) is 5.73 Å². The van der Waals surface area contributed by atoms with E-state index >= 15 is 0 Å². The summed E-state index contributed by atoms with van der Waals surface area (Å²) in [6.07, 6.45) is 0.831. The summed E-state index contributed by atoms with van der Waals surface area (Å²) in [5.41, 5.74) is 8.73. The monoisotopic (exact) mass is 278 g/mol. The Hall–Kier alpha value is -2.57. The van der Waals surface area contributed by atoms with Crippen LogP contribution in [0.25, 0.3) is 0 Å². The number of carbonyl (C=O) groups is 1. The Morgan fingerprint density at radius 2 is 1.86 bits per heavy atom. The maximum absolute atomic E-state index is 12.3. The Labute approximate surface area is 125 Å². The molecule has 0 aliphatic carbocycles. The number of aryl methyl sites for hydroxylation is 1. The van der Waals surface area contributed by atoms with Crippen LogP contribution in [0.15, 0.2) is 48.5 Å². The molecule has 0 aliphatic heterocycles. The fourth-order valence-corrected chi connectivity index (χ4v) is 2.04. The first-order valence-corrected chi connectivity index (χ1v) is 6.93. The Bertz CT molecular complexity index is 678. The van der Waals surface area contributed by atoms with Crippen LogP contribution >= 0.6 is 0 Å². The highest BCUT2D eigenvalue weighted by Crippen LogP contribution is 2.14. The van der Waals surface area contributed by atoms with E-state index in [1.165, 1.54) is 0 Å². The maximum Gasteiger partial charge on any atom is 0.255 e. The van der Waals surface area contributed by atoms with Gasteiger partial charge in [-0.15, -0.1) is 0 Å². The van der Waals surface area contributed by atoms with Crippen LogP contribution in [0.3, 0.4) is 0 Å². The highest BCUT2D eigenvalue weighted by Gasteiger charge is 2.09. The van der Waals surface area contributed by atoms with Gasteiger partial charge in [0.25, 0.3) is 5.91 Å². The average molecular weight is 278 g/mol. The third-order valence-electron chi connectivity index (χ3n) is 3.12. The summed E-state index contributed by atoms with van der Waals surface area (Å²) in [5, 5.41) is 2.90. The van der Waals surface area contributed by atoms with E-state index in [0.29, 0.717) is 12.1 Å². The molecule has 1 amide bonds. The molecule has 0 radical (unpaired) electrons. The fraction of sp³-hybridized carbons (Fsp3) is 0.167. The van der Waals surface area contributed by atoms with Gasteiger partial charge in [0.2, 0.25) is 0 Å². The molecule has 106 valence electrons. The molecule has 21 heavy (non-hydrogen) atoms. The first kappa shape index (κ1) is 14.8. The van der Waals surface area contributed by atoms with E-state index in [4.69, 9.17) is 5.73 Å². The molecule has 0 bridgehead atoms. The molecule has 0 aliphatic rings. The highest BCUT2D eigenvalue weighted by atomic mass is 16.1. The largest absolute Gasteiger partial charge is 0.322 e. The molecule has 0 atom stereocenters. The lowest BCUT2D eigenvalue weighted by Gasteiger charge is -2.08. The van der Waals surface area contributed by atoms with Crippen LogP contribution in [0.1, 0.15) is 28.4 Å². The molecule has 2 rings (SSSR count). The number of benzene rings is 2. The lowest BCUT2D eigenvalue weighted by Crippen LogP contribution is -2.13. The van der Waals surface area contributed by atoms with Gasteiger partial charge < -0.3 is 11.1 Å². The first-order valence-electron chi connectivity index (χ1n) is 6.93. The van der Waals surface area contributed by atoms with Crippen molar-refractivity contribution in [2.45, 2.75) is 13.3 Å². The van der Waals surface area contributed by atoms with Crippen LogP contribution in [0.5, 0.6) is 0 Å². The second-order valence-electron chi connectivity index (χ2n) is 4.55. The van der Waals surface area contributed by atoms with Crippen molar-refractivity contribution in [3.05, 3.63) is 65.2 Å². The zero-order valence-corrected chi connectivity index (χ0v) is 12.0. The van der Waals surface area contributed by atoms with Gasteiger partial charge in [0.1, 0.15) is 0 Å². The molecule has 2 aromatic carbocycles. The standard InChI is InChI=1S/C18H18N2O/c1-2-15-7-3-4-8-17(15)18(21)20-16-11-9-14(10-12-16)6-5-13-19/h3-4,7-12H,2,13,19H2,1H3,(H,20,21). The van der Waals surface area contributed by atoms with Crippen molar-refractivity contribution in [1.82, 2.24) is 0 Å². The Kier molecular flexibility index (Phi) is 5.14. The molecule has 3 heteroatoms. The summed E-state index contributed by atoms with van der Waals surface area (Å²) in [5.74, 6) is 5.65. The van der Waals surface area contributed by atoms with Crippen LogP contribution in [-0.4, -0.2) is 12.5 Å². The predicted molar refractivity (Wildman–Crippen MR) is 86.1 cm³/mol. The Balaban J connectivity index is 2.12. The number of hydrogen-bond donors (Lipinski definition) is 2. The second kappa shape index (κ2) is 7.28. The van der Waals surface area contributed by atoms with Gasteiger partial charge in [-0.3, -0.25) is 4.79 Å². The minimum Gasteiger partial charge on any atom is -0.322 e. The van der Waals surface area contributed by atoms with Gasteiger partial charge >= 0.3 is 0 Å². The summed E-state index contributed by atoms with van der Waals surface area (Å²) >= 11 is 0. The van der Waals surface area contributed by atoms with Gasteiger partial charge in [-0.2, -0.15) is 0 Å². The average Bonchev–Trinajstić information content (AvgIpc) is 2.54. The van der Waals surface area contributed by atoms with E-state index < -0.39 is 0 Å². The molecule has 3 N–H and O–H groups in total. The third kappa shape index (κ3) is 3.95. The van der Waals surface area contributed by atoms with Crippen LogP contribution < -0.4 is 11.1 Å². The summed E-state index contributed by atoms with van der Waals surface area (Å²) < 4.78 is 0. The summed E-state index contributed by atoms with van der Waals surface area (Å²) in [4.78, 5) is 12.3. The molecule has 0 aromatic heterocycles. The first-order chi connectivity index (χ1) is 10.2. The van der Waals surface area contributed by atoms with Crippen molar-refractivity contribution >= 4 is 11.6 Å². The van der Waals surface area contributed by atoms with E-state index in [1.807, 2.05) is 55.5 Å². The molecule has 3 nitrogen and oxygen atoms in total. The van der Waals surface area contributed by atoms with Gasteiger partial charge in [-0.25, -0.2) is 0 Å². The molecule has 0 fully saturated rings. The van der Waals surface area contributed by atoms with E-state index in [9.17, 15) is 4.79 Å². The molecular weight excluding hydrogens is 260 g/mol. The topological polar surface area (TPSA) is 55.1 Å². The number of nitrogens with one attached hydrogen (secondary N) is 1. The second-order valence-corrected chi connectivity index (χ2v) is 4.55. The molecule has 0 saturated heterocycles. The number of anilines is 1. The van der Waals surface area contributed by atoms with Gasteiger partial charge in [0.15, 0.2) is 0 Å². The van der Waals surface area contributed by atoms with Crippen molar-refractivity contribution in [3.8, 4) is 11.8 Å². The van der Waals surface area contributed by atoms with Crippen LogP contribution in [0, 0.1) is 11.8 Å². The minimum atomic E-state index is -0.0896.